The van der Waals surface area contributed by atoms with Gasteiger partial charge in [0, 0.05) is 5.56 Å². The van der Waals surface area contributed by atoms with E-state index in [4.69, 9.17) is 9.47 Å². The van der Waals surface area contributed by atoms with E-state index in [0.29, 0.717) is 11.3 Å². The van der Waals surface area contributed by atoms with Crippen LogP contribution in [0.3, 0.4) is 0 Å². The minimum atomic E-state index is -0.706. The standard InChI is InChI=1S/C37H29NO7/c39-31(23-13-17-28(18-14-23)45-37(43)24-9-5-2-6-10-24)21-44-36(42)25-11-15-27(16-12-25)38-34(40)32-26-19-29(22-7-3-1-4-8-22)30(20-26)33(32)35(38)41/h1-18,26,29-30,32-33H,19-21H2/t26-,29+,30-,32+,33+/m0/s1. The highest BCUT2D eigenvalue weighted by molar-refractivity contribution is 6.22. The van der Waals surface area contributed by atoms with Crippen LogP contribution in [0.25, 0.3) is 0 Å². The lowest BCUT2D eigenvalue weighted by molar-refractivity contribution is -0.123. The van der Waals surface area contributed by atoms with Gasteiger partial charge in [-0.15, -0.1) is 0 Å². The Morgan fingerprint density at radius 3 is 1.93 bits per heavy atom. The molecule has 2 aliphatic carbocycles. The number of rotatable bonds is 8. The van der Waals surface area contributed by atoms with Gasteiger partial charge in [0.05, 0.1) is 28.7 Å². The number of nitrogens with zero attached hydrogens (tertiary/aromatic N) is 1. The maximum Gasteiger partial charge on any atom is 0.343 e. The Bertz CT molecular complexity index is 1780. The van der Waals surface area contributed by atoms with E-state index in [2.05, 4.69) is 12.1 Å². The number of benzene rings is 4. The SMILES string of the molecule is O=C(COC(=O)c1ccc(N2C(=O)[C@@H]3[C@@H]4C[C@H]([C@H]3C2=O)[C@@H](c2ccccc2)C4)cc1)c1ccc(OC(=O)c2ccccc2)cc1. The molecule has 8 nitrogen and oxygen atoms in total. The van der Waals surface area contributed by atoms with E-state index in [9.17, 15) is 24.0 Å². The number of amides is 2. The molecule has 0 unspecified atom stereocenters. The normalized spacial score (nSPS) is 23.1. The summed E-state index contributed by atoms with van der Waals surface area (Å²) < 4.78 is 10.6. The zero-order valence-corrected chi connectivity index (χ0v) is 24.2. The Hall–Kier alpha value is -5.37. The molecule has 2 amide bonds. The van der Waals surface area contributed by atoms with Crippen molar-refractivity contribution in [3.63, 3.8) is 0 Å². The molecule has 4 aromatic carbocycles. The lowest BCUT2D eigenvalue weighted by atomic mass is 9.73. The van der Waals surface area contributed by atoms with Crippen molar-refractivity contribution in [1.82, 2.24) is 0 Å². The average molecular weight is 600 g/mol. The highest BCUT2D eigenvalue weighted by atomic mass is 16.5. The summed E-state index contributed by atoms with van der Waals surface area (Å²) in [5.41, 5.74) is 2.54. The summed E-state index contributed by atoms with van der Waals surface area (Å²) >= 11 is 0. The Kier molecular flexibility index (Phi) is 7.33. The van der Waals surface area contributed by atoms with Gasteiger partial charge in [-0.25, -0.2) is 9.59 Å². The monoisotopic (exact) mass is 599 g/mol. The molecular weight excluding hydrogens is 570 g/mol. The molecule has 0 radical (unpaired) electrons. The van der Waals surface area contributed by atoms with Crippen molar-refractivity contribution in [3.8, 4) is 5.75 Å². The summed E-state index contributed by atoms with van der Waals surface area (Å²) in [5.74, 6) is -1.68. The fourth-order valence-corrected chi connectivity index (χ4v) is 7.29. The van der Waals surface area contributed by atoms with Crippen molar-refractivity contribution in [2.24, 2.45) is 23.7 Å². The number of carbonyl (C=O) groups is 5. The zero-order valence-electron chi connectivity index (χ0n) is 24.2. The average Bonchev–Trinajstić information content (AvgIpc) is 3.75. The molecule has 0 spiro atoms. The predicted octanol–water partition coefficient (Wildman–Crippen LogP) is 5.87. The van der Waals surface area contributed by atoms with Gasteiger partial charge in [0.2, 0.25) is 11.8 Å². The first-order valence-corrected chi connectivity index (χ1v) is 15.0. The van der Waals surface area contributed by atoms with Gasteiger partial charge in [-0.2, -0.15) is 0 Å². The van der Waals surface area contributed by atoms with Crippen LogP contribution in [-0.2, 0) is 14.3 Å². The van der Waals surface area contributed by atoms with Crippen LogP contribution in [0.1, 0.15) is 55.4 Å². The van der Waals surface area contributed by atoms with E-state index in [1.807, 2.05) is 18.2 Å². The van der Waals surface area contributed by atoms with Crippen LogP contribution in [0.15, 0.2) is 109 Å². The number of ether oxygens (including phenoxy) is 2. The minimum Gasteiger partial charge on any atom is -0.454 e. The molecule has 0 aromatic heterocycles. The zero-order chi connectivity index (χ0) is 31.1. The number of esters is 2. The number of ketones is 1. The quantitative estimate of drug-likeness (QED) is 0.108. The maximum absolute atomic E-state index is 13.6. The molecule has 1 heterocycles. The Balaban J connectivity index is 0.953. The summed E-state index contributed by atoms with van der Waals surface area (Å²) in [6, 6.07) is 30.9. The molecule has 45 heavy (non-hydrogen) atoms. The number of Topliss-reactive ketones (excluding diaryl/α,β-unsaturated/α-hetero) is 1. The van der Waals surface area contributed by atoms with Gasteiger partial charge in [0.15, 0.2) is 12.4 Å². The largest absolute Gasteiger partial charge is 0.454 e. The van der Waals surface area contributed by atoms with Crippen molar-refractivity contribution in [2.45, 2.75) is 18.8 Å². The summed E-state index contributed by atoms with van der Waals surface area (Å²) in [6.45, 7) is -0.485. The highest BCUT2D eigenvalue weighted by Crippen LogP contribution is 2.61. The Labute approximate surface area is 259 Å². The van der Waals surface area contributed by atoms with Crippen molar-refractivity contribution in [3.05, 3.63) is 131 Å². The molecule has 2 bridgehead atoms. The molecule has 3 aliphatic rings. The molecule has 2 saturated carbocycles. The number of carbonyl (C=O) groups excluding carboxylic acids is 5. The van der Waals surface area contributed by atoms with Crippen molar-refractivity contribution < 1.29 is 33.4 Å². The third-order valence-corrected chi connectivity index (χ3v) is 9.34. The van der Waals surface area contributed by atoms with Crippen LogP contribution in [0.4, 0.5) is 5.69 Å². The van der Waals surface area contributed by atoms with E-state index in [1.54, 1.807) is 42.5 Å². The molecule has 1 aliphatic heterocycles. The Morgan fingerprint density at radius 2 is 1.24 bits per heavy atom. The van der Waals surface area contributed by atoms with Gasteiger partial charge in [-0.05, 0) is 96.8 Å². The molecule has 1 saturated heterocycles. The first-order valence-electron chi connectivity index (χ1n) is 15.0. The first-order chi connectivity index (χ1) is 21.9. The second kappa shape index (κ2) is 11.6. The number of anilines is 1. The lowest BCUT2D eigenvalue weighted by Crippen LogP contribution is -2.33. The van der Waals surface area contributed by atoms with E-state index >= 15 is 0 Å². The van der Waals surface area contributed by atoms with Gasteiger partial charge in [0.25, 0.3) is 0 Å². The van der Waals surface area contributed by atoms with Crippen molar-refractivity contribution in [2.75, 3.05) is 11.5 Å². The fourth-order valence-electron chi connectivity index (χ4n) is 7.29. The summed E-state index contributed by atoms with van der Waals surface area (Å²) in [4.78, 5) is 65.9. The van der Waals surface area contributed by atoms with E-state index in [1.165, 1.54) is 46.9 Å². The number of hydrogen-bond donors (Lipinski definition) is 0. The van der Waals surface area contributed by atoms with Crippen molar-refractivity contribution in [1.29, 1.82) is 0 Å². The van der Waals surface area contributed by atoms with Crippen LogP contribution in [0.2, 0.25) is 0 Å². The molecule has 7 rings (SSSR count). The molecular formula is C37H29NO7. The Morgan fingerprint density at radius 1 is 0.644 bits per heavy atom. The first kappa shape index (κ1) is 28.4. The highest BCUT2D eigenvalue weighted by Gasteiger charge is 2.64. The molecule has 0 N–H and O–H groups in total. The van der Waals surface area contributed by atoms with Crippen LogP contribution in [-0.4, -0.2) is 36.1 Å². The predicted molar refractivity (Wildman–Crippen MR) is 164 cm³/mol. The second-order valence-electron chi connectivity index (χ2n) is 11.8. The second-order valence-corrected chi connectivity index (χ2v) is 11.8. The minimum absolute atomic E-state index is 0.149. The molecule has 5 atom stereocenters. The lowest BCUT2D eigenvalue weighted by Gasteiger charge is -2.28. The number of imide groups is 1. The summed E-state index contributed by atoms with van der Waals surface area (Å²) in [7, 11) is 0. The van der Waals surface area contributed by atoms with Gasteiger partial charge >= 0.3 is 11.9 Å². The van der Waals surface area contributed by atoms with E-state index in [-0.39, 0.29) is 58.3 Å². The van der Waals surface area contributed by atoms with Crippen LogP contribution < -0.4 is 9.64 Å². The third-order valence-electron chi connectivity index (χ3n) is 9.34. The van der Waals surface area contributed by atoms with Crippen LogP contribution in [0, 0.1) is 23.7 Å². The summed E-state index contributed by atoms with van der Waals surface area (Å²) in [5, 5.41) is 0. The van der Waals surface area contributed by atoms with Gasteiger partial charge in [-0.3, -0.25) is 19.3 Å². The maximum atomic E-state index is 13.6. The van der Waals surface area contributed by atoms with E-state index in [0.717, 1.165) is 12.8 Å². The van der Waals surface area contributed by atoms with E-state index < -0.39 is 24.3 Å². The van der Waals surface area contributed by atoms with Gasteiger partial charge in [-0.1, -0.05) is 48.5 Å². The van der Waals surface area contributed by atoms with Crippen LogP contribution >= 0.6 is 0 Å². The number of hydrogen-bond acceptors (Lipinski definition) is 7. The van der Waals surface area contributed by atoms with Crippen molar-refractivity contribution >= 4 is 35.2 Å². The van der Waals surface area contributed by atoms with Gasteiger partial charge in [0.1, 0.15) is 5.75 Å². The molecule has 8 heteroatoms. The van der Waals surface area contributed by atoms with Gasteiger partial charge < -0.3 is 9.47 Å². The smallest absolute Gasteiger partial charge is 0.343 e. The third kappa shape index (κ3) is 5.22. The fraction of sp³-hybridized carbons (Fsp3) is 0.216. The molecule has 224 valence electrons. The molecule has 4 aromatic rings. The number of fused-ring (bicyclic) bond motifs is 5. The summed E-state index contributed by atoms with van der Waals surface area (Å²) in [6.07, 6.45) is 1.81. The topological polar surface area (TPSA) is 107 Å². The van der Waals surface area contributed by atoms with Crippen LogP contribution in [0.5, 0.6) is 5.75 Å². The molecule has 3 fully saturated rings.